The van der Waals surface area contributed by atoms with E-state index in [0.29, 0.717) is 6.61 Å². The van der Waals surface area contributed by atoms with Crippen LogP contribution in [0.2, 0.25) is 0 Å². The molecule has 3 heterocycles. The average Bonchev–Trinajstić information content (AvgIpc) is 2.90. The monoisotopic (exact) mass is 301 g/mol. The maximum Gasteiger partial charge on any atom is 0.217 e. The van der Waals surface area contributed by atoms with Gasteiger partial charge in [0.25, 0.3) is 0 Å². The number of fused-ring (bicyclic) bond motifs is 1. The predicted molar refractivity (Wildman–Crippen MR) is 71.2 cm³/mol. The lowest BCUT2D eigenvalue weighted by molar-refractivity contribution is -0.223. The van der Waals surface area contributed by atoms with Gasteiger partial charge >= 0.3 is 0 Å². The topological polar surface area (TPSA) is 75.3 Å². The van der Waals surface area contributed by atoms with Gasteiger partial charge in [-0.1, -0.05) is 0 Å². The third kappa shape index (κ3) is 2.93. The highest BCUT2D eigenvalue weighted by molar-refractivity contribution is 5.73. The fraction of sp³-hybridized carbons (Fsp3) is 0.929. The normalized spacial score (nSPS) is 43.8. The van der Waals surface area contributed by atoms with Crippen molar-refractivity contribution < 1.29 is 28.5 Å². The number of hydrogen-bond acceptors (Lipinski definition) is 6. The van der Waals surface area contributed by atoms with E-state index >= 15 is 0 Å². The Morgan fingerprint density at radius 1 is 1.05 bits per heavy atom. The van der Waals surface area contributed by atoms with Crippen LogP contribution in [0.1, 0.15) is 34.6 Å². The zero-order chi connectivity index (χ0) is 15.4. The molecule has 3 saturated heterocycles. The van der Waals surface area contributed by atoms with Crippen molar-refractivity contribution in [2.24, 2.45) is 0 Å². The minimum atomic E-state index is -0.719. The van der Waals surface area contributed by atoms with Gasteiger partial charge in [0.2, 0.25) is 5.91 Å². The third-order valence-corrected chi connectivity index (χ3v) is 3.85. The fourth-order valence-corrected chi connectivity index (χ4v) is 3.13. The van der Waals surface area contributed by atoms with Crippen LogP contribution in [-0.4, -0.2) is 54.7 Å². The summed E-state index contributed by atoms with van der Waals surface area (Å²) in [5, 5.41) is 2.90. The van der Waals surface area contributed by atoms with Gasteiger partial charge in [0.1, 0.15) is 18.3 Å². The SMILES string of the molecule is CC(=O)N[C@H]1[C@H]([C@H]2COC(C)(C)O2)O[C@@H]2OC(C)(C)O[C@@H]21. The standard InChI is InChI=1S/C14H23NO6/c1-7(16)15-9-10(8-6-17-13(2,3)19-8)18-12-11(9)20-14(4,5)21-12/h8-12H,6H2,1-5H3,(H,15,16)/t8-,9+,10+,11-,12-/m1/s1. The molecule has 0 bridgehead atoms. The second-order valence-corrected chi connectivity index (χ2v) is 6.66. The van der Waals surface area contributed by atoms with Crippen LogP contribution >= 0.6 is 0 Å². The van der Waals surface area contributed by atoms with Gasteiger partial charge in [-0.15, -0.1) is 0 Å². The number of hydrogen-bond donors (Lipinski definition) is 1. The van der Waals surface area contributed by atoms with Gasteiger partial charge in [-0.25, -0.2) is 0 Å². The third-order valence-electron chi connectivity index (χ3n) is 3.85. The number of ether oxygens (including phenoxy) is 5. The van der Waals surface area contributed by atoms with Gasteiger partial charge < -0.3 is 29.0 Å². The maximum absolute atomic E-state index is 11.5. The van der Waals surface area contributed by atoms with Crippen molar-refractivity contribution in [3.63, 3.8) is 0 Å². The van der Waals surface area contributed by atoms with Crippen molar-refractivity contribution in [2.45, 2.75) is 76.8 Å². The molecule has 0 aromatic heterocycles. The van der Waals surface area contributed by atoms with Crippen LogP contribution < -0.4 is 5.32 Å². The summed E-state index contributed by atoms with van der Waals surface area (Å²) in [6.45, 7) is 9.25. The summed E-state index contributed by atoms with van der Waals surface area (Å²) in [7, 11) is 0. The van der Waals surface area contributed by atoms with Crippen LogP contribution in [0.3, 0.4) is 0 Å². The van der Waals surface area contributed by atoms with Crippen molar-refractivity contribution in [3.8, 4) is 0 Å². The molecule has 0 spiro atoms. The molecule has 1 N–H and O–H groups in total. The summed E-state index contributed by atoms with van der Waals surface area (Å²) in [6, 6.07) is -0.322. The molecule has 3 rings (SSSR count). The molecule has 0 aromatic carbocycles. The van der Waals surface area contributed by atoms with Gasteiger partial charge in [0.15, 0.2) is 17.9 Å². The van der Waals surface area contributed by atoms with Crippen LogP contribution in [0.4, 0.5) is 0 Å². The summed E-state index contributed by atoms with van der Waals surface area (Å²) in [4.78, 5) is 11.5. The first-order valence-corrected chi connectivity index (χ1v) is 7.27. The van der Waals surface area contributed by atoms with Crippen LogP contribution in [-0.2, 0) is 28.5 Å². The highest BCUT2D eigenvalue weighted by Crippen LogP contribution is 2.40. The predicted octanol–water partition coefficient (Wildman–Crippen LogP) is 0.519. The van der Waals surface area contributed by atoms with Gasteiger partial charge in [-0.05, 0) is 27.7 Å². The first-order valence-electron chi connectivity index (χ1n) is 7.27. The minimum absolute atomic E-state index is 0.138. The zero-order valence-corrected chi connectivity index (χ0v) is 13.0. The number of carbonyl (C=O) groups is 1. The zero-order valence-electron chi connectivity index (χ0n) is 13.0. The van der Waals surface area contributed by atoms with Gasteiger partial charge in [-0.3, -0.25) is 4.79 Å². The molecule has 0 aliphatic carbocycles. The van der Waals surface area contributed by atoms with Crippen molar-refractivity contribution in [1.29, 1.82) is 0 Å². The van der Waals surface area contributed by atoms with Crippen LogP contribution in [0.25, 0.3) is 0 Å². The Morgan fingerprint density at radius 3 is 2.33 bits per heavy atom. The molecule has 5 atom stereocenters. The van der Waals surface area contributed by atoms with E-state index in [1.54, 1.807) is 0 Å². The number of nitrogens with one attached hydrogen (secondary N) is 1. The lowest BCUT2D eigenvalue weighted by atomic mass is 10.0. The molecule has 3 aliphatic heterocycles. The molecule has 0 aromatic rings. The van der Waals surface area contributed by atoms with Gasteiger partial charge in [0, 0.05) is 6.92 Å². The van der Waals surface area contributed by atoms with Gasteiger partial charge in [-0.2, -0.15) is 0 Å². The maximum atomic E-state index is 11.5. The number of carbonyl (C=O) groups excluding carboxylic acids is 1. The molecule has 0 saturated carbocycles. The molecular weight excluding hydrogens is 278 g/mol. The Hall–Kier alpha value is -0.730. The summed E-state index contributed by atoms with van der Waals surface area (Å²) >= 11 is 0. The smallest absolute Gasteiger partial charge is 0.217 e. The highest BCUT2D eigenvalue weighted by Gasteiger charge is 2.58. The van der Waals surface area contributed by atoms with Crippen molar-refractivity contribution in [2.75, 3.05) is 6.61 Å². The van der Waals surface area contributed by atoms with E-state index in [4.69, 9.17) is 23.7 Å². The van der Waals surface area contributed by atoms with E-state index in [1.165, 1.54) is 6.92 Å². The molecule has 7 nitrogen and oxygen atoms in total. The first-order chi connectivity index (χ1) is 9.67. The largest absolute Gasteiger partial charge is 0.348 e. The lowest BCUT2D eigenvalue weighted by Crippen LogP contribution is -2.52. The molecule has 0 radical (unpaired) electrons. The van der Waals surface area contributed by atoms with E-state index in [9.17, 15) is 4.79 Å². The van der Waals surface area contributed by atoms with Crippen LogP contribution in [0.5, 0.6) is 0 Å². The Kier molecular flexibility index (Phi) is 3.53. The summed E-state index contributed by atoms with van der Waals surface area (Å²) in [5.74, 6) is -1.50. The Morgan fingerprint density at radius 2 is 1.76 bits per heavy atom. The summed E-state index contributed by atoms with van der Waals surface area (Å²) in [6.07, 6.45) is -1.48. The van der Waals surface area contributed by atoms with Crippen LogP contribution in [0, 0.1) is 0 Å². The molecule has 120 valence electrons. The van der Waals surface area contributed by atoms with Crippen molar-refractivity contribution in [3.05, 3.63) is 0 Å². The molecule has 1 amide bonds. The lowest BCUT2D eigenvalue weighted by Gasteiger charge is -2.29. The quantitative estimate of drug-likeness (QED) is 0.801. The second-order valence-electron chi connectivity index (χ2n) is 6.66. The molecular formula is C14H23NO6. The van der Waals surface area contributed by atoms with Crippen molar-refractivity contribution >= 4 is 5.91 Å². The highest BCUT2D eigenvalue weighted by atomic mass is 16.8. The molecule has 21 heavy (non-hydrogen) atoms. The van der Waals surface area contributed by atoms with E-state index in [2.05, 4.69) is 5.32 Å². The fourth-order valence-electron chi connectivity index (χ4n) is 3.13. The van der Waals surface area contributed by atoms with Crippen LogP contribution in [0.15, 0.2) is 0 Å². The van der Waals surface area contributed by atoms with Crippen molar-refractivity contribution in [1.82, 2.24) is 5.32 Å². The van der Waals surface area contributed by atoms with E-state index in [1.807, 2.05) is 27.7 Å². The molecule has 0 unspecified atom stereocenters. The summed E-state index contributed by atoms with van der Waals surface area (Å²) < 4.78 is 29.0. The Bertz CT molecular complexity index is 437. The number of rotatable bonds is 2. The average molecular weight is 301 g/mol. The first kappa shape index (κ1) is 15.2. The summed E-state index contributed by atoms with van der Waals surface area (Å²) in [5.41, 5.74) is 0. The van der Waals surface area contributed by atoms with Gasteiger partial charge in [0.05, 0.1) is 12.6 Å². The minimum Gasteiger partial charge on any atom is -0.348 e. The Labute approximate surface area is 124 Å². The molecule has 3 fully saturated rings. The number of amides is 1. The van der Waals surface area contributed by atoms with E-state index < -0.39 is 17.9 Å². The molecule has 7 heteroatoms. The van der Waals surface area contributed by atoms with E-state index in [-0.39, 0.29) is 30.3 Å². The van der Waals surface area contributed by atoms with E-state index in [0.717, 1.165) is 0 Å². The second kappa shape index (κ2) is 4.89. The molecule has 3 aliphatic rings. The Balaban J connectivity index is 1.77.